The minimum Gasteiger partial charge on any atom is -0.481 e. The summed E-state index contributed by atoms with van der Waals surface area (Å²) >= 11 is 0. The second-order valence-corrected chi connectivity index (χ2v) is 5.15. The molecule has 0 aliphatic heterocycles. The average molecular weight is 256 g/mol. The Morgan fingerprint density at radius 3 is 2.44 bits per heavy atom. The average Bonchev–Trinajstić information content (AvgIpc) is 2.25. The second kappa shape index (κ2) is 7.24. The van der Waals surface area contributed by atoms with Crippen molar-refractivity contribution >= 4 is 12.0 Å². The monoisotopic (exact) mass is 256 g/mol. The van der Waals surface area contributed by atoms with Crippen LogP contribution in [-0.2, 0) is 4.79 Å². The Balaban J connectivity index is 2.19. The molecule has 1 aliphatic rings. The van der Waals surface area contributed by atoms with Gasteiger partial charge in [-0.3, -0.25) is 4.79 Å². The molecule has 5 nitrogen and oxygen atoms in total. The molecule has 1 fully saturated rings. The van der Waals surface area contributed by atoms with E-state index in [2.05, 4.69) is 17.6 Å². The van der Waals surface area contributed by atoms with Gasteiger partial charge in [0.05, 0.1) is 12.0 Å². The Morgan fingerprint density at radius 2 is 1.94 bits per heavy atom. The van der Waals surface area contributed by atoms with E-state index in [1.165, 1.54) is 12.8 Å². The van der Waals surface area contributed by atoms with Gasteiger partial charge < -0.3 is 15.7 Å². The fourth-order valence-electron chi connectivity index (χ4n) is 2.28. The predicted octanol–water partition coefficient (Wildman–Crippen LogP) is 2.26. The van der Waals surface area contributed by atoms with E-state index in [1.54, 1.807) is 0 Å². The van der Waals surface area contributed by atoms with Crippen molar-refractivity contribution in [3.63, 3.8) is 0 Å². The Kier molecular flexibility index (Phi) is 5.95. The molecule has 0 aromatic heterocycles. The summed E-state index contributed by atoms with van der Waals surface area (Å²) in [6.45, 7) is 2.81. The van der Waals surface area contributed by atoms with Gasteiger partial charge in [-0.05, 0) is 25.7 Å². The van der Waals surface area contributed by atoms with Crippen LogP contribution >= 0.6 is 0 Å². The number of carbonyl (C=O) groups excluding carboxylic acids is 1. The van der Waals surface area contributed by atoms with Crippen molar-refractivity contribution in [2.75, 3.05) is 6.54 Å². The van der Waals surface area contributed by atoms with Crippen LogP contribution in [0.4, 0.5) is 4.79 Å². The van der Waals surface area contributed by atoms with Gasteiger partial charge in [0.15, 0.2) is 0 Å². The molecule has 1 aliphatic carbocycles. The minimum atomic E-state index is -0.849. The number of hydrogen-bond donors (Lipinski definition) is 3. The Morgan fingerprint density at radius 1 is 1.22 bits per heavy atom. The van der Waals surface area contributed by atoms with E-state index in [0.29, 0.717) is 6.54 Å². The standard InChI is InChI=1S/C13H24N2O3/c1-2-3-4-5-9-14-12(18)15-13(7-6-8-13)10-11(16)17/h2-10H2,1H3,(H,16,17)(H2,14,15,18). The Labute approximate surface area is 108 Å². The number of urea groups is 1. The first kappa shape index (κ1) is 14.8. The quantitative estimate of drug-likeness (QED) is 0.583. The highest BCUT2D eigenvalue weighted by atomic mass is 16.4. The molecule has 0 heterocycles. The van der Waals surface area contributed by atoms with Crippen molar-refractivity contribution in [3.05, 3.63) is 0 Å². The normalized spacial score (nSPS) is 16.7. The number of aliphatic carboxylic acids is 1. The zero-order valence-corrected chi connectivity index (χ0v) is 11.1. The van der Waals surface area contributed by atoms with Crippen LogP contribution in [0.15, 0.2) is 0 Å². The molecule has 2 amide bonds. The number of carboxylic acids is 1. The van der Waals surface area contributed by atoms with Crippen molar-refractivity contribution in [1.82, 2.24) is 10.6 Å². The smallest absolute Gasteiger partial charge is 0.315 e. The molecule has 0 unspecified atom stereocenters. The molecule has 0 aromatic carbocycles. The Bertz CT molecular complexity index is 288. The lowest BCUT2D eigenvalue weighted by molar-refractivity contribution is -0.139. The first-order valence-electron chi connectivity index (χ1n) is 6.86. The summed E-state index contributed by atoms with van der Waals surface area (Å²) in [5.74, 6) is -0.849. The summed E-state index contributed by atoms with van der Waals surface area (Å²) in [6.07, 6.45) is 7.01. The lowest BCUT2D eigenvalue weighted by atomic mass is 9.74. The van der Waals surface area contributed by atoms with Crippen molar-refractivity contribution in [3.8, 4) is 0 Å². The van der Waals surface area contributed by atoms with Gasteiger partial charge in [-0.2, -0.15) is 0 Å². The molecule has 0 radical (unpaired) electrons. The third kappa shape index (κ3) is 4.94. The van der Waals surface area contributed by atoms with E-state index in [0.717, 1.165) is 32.1 Å². The van der Waals surface area contributed by atoms with E-state index in [1.807, 2.05) is 0 Å². The largest absolute Gasteiger partial charge is 0.481 e. The van der Waals surface area contributed by atoms with Crippen LogP contribution in [-0.4, -0.2) is 29.2 Å². The topological polar surface area (TPSA) is 78.4 Å². The minimum absolute atomic E-state index is 0.0241. The first-order valence-corrected chi connectivity index (χ1v) is 6.86. The van der Waals surface area contributed by atoms with Gasteiger partial charge in [-0.15, -0.1) is 0 Å². The van der Waals surface area contributed by atoms with E-state index in [-0.39, 0.29) is 12.5 Å². The van der Waals surface area contributed by atoms with Gasteiger partial charge in [-0.25, -0.2) is 4.79 Å². The van der Waals surface area contributed by atoms with Crippen LogP contribution < -0.4 is 10.6 Å². The number of carbonyl (C=O) groups is 2. The molecule has 104 valence electrons. The number of hydrogen-bond acceptors (Lipinski definition) is 2. The fraction of sp³-hybridized carbons (Fsp3) is 0.846. The van der Waals surface area contributed by atoms with Gasteiger partial charge in [0, 0.05) is 6.54 Å². The molecule has 18 heavy (non-hydrogen) atoms. The molecular formula is C13H24N2O3. The summed E-state index contributed by atoms with van der Waals surface area (Å²) in [5, 5.41) is 14.4. The molecule has 0 spiro atoms. The maximum atomic E-state index is 11.7. The molecule has 5 heteroatoms. The van der Waals surface area contributed by atoms with E-state index < -0.39 is 11.5 Å². The highest BCUT2D eigenvalue weighted by Crippen LogP contribution is 2.34. The second-order valence-electron chi connectivity index (χ2n) is 5.15. The van der Waals surface area contributed by atoms with Crippen molar-refractivity contribution in [1.29, 1.82) is 0 Å². The van der Waals surface area contributed by atoms with Crippen LogP contribution in [0, 0.1) is 0 Å². The number of amides is 2. The van der Waals surface area contributed by atoms with Gasteiger partial charge in [0.2, 0.25) is 0 Å². The third-order valence-electron chi connectivity index (χ3n) is 3.49. The molecule has 0 saturated heterocycles. The summed E-state index contributed by atoms with van der Waals surface area (Å²) in [4.78, 5) is 22.4. The molecule has 1 rings (SSSR count). The Hall–Kier alpha value is -1.26. The van der Waals surface area contributed by atoms with Crippen molar-refractivity contribution in [2.45, 2.75) is 63.8 Å². The number of unbranched alkanes of at least 4 members (excludes halogenated alkanes) is 3. The molecule has 0 bridgehead atoms. The van der Waals surface area contributed by atoms with Crippen LogP contribution in [0.2, 0.25) is 0 Å². The third-order valence-corrected chi connectivity index (χ3v) is 3.49. The number of carboxylic acid groups (broad SMARTS) is 1. The van der Waals surface area contributed by atoms with E-state index in [4.69, 9.17) is 5.11 Å². The van der Waals surface area contributed by atoms with E-state index in [9.17, 15) is 9.59 Å². The summed E-state index contributed by atoms with van der Waals surface area (Å²) < 4.78 is 0. The zero-order chi connectivity index (χ0) is 13.4. The maximum absolute atomic E-state index is 11.7. The summed E-state index contributed by atoms with van der Waals surface area (Å²) in [6, 6.07) is -0.229. The first-order chi connectivity index (χ1) is 8.58. The van der Waals surface area contributed by atoms with Crippen LogP contribution in [0.25, 0.3) is 0 Å². The van der Waals surface area contributed by atoms with Crippen molar-refractivity contribution < 1.29 is 14.7 Å². The highest BCUT2D eigenvalue weighted by molar-refractivity contribution is 5.77. The molecule has 1 saturated carbocycles. The van der Waals surface area contributed by atoms with E-state index >= 15 is 0 Å². The SMILES string of the molecule is CCCCCCNC(=O)NC1(CC(=O)O)CCC1. The highest BCUT2D eigenvalue weighted by Gasteiger charge is 2.40. The van der Waals surface area contributed by atoms with Crippen LogP contribution in [0.5, 0.6) is 0 Å². The summed E-state index contributed by atoms with van der Waals surface area (Å²) in [7, 11) is 0. The van der Waals surface area contributed by atoms with Gasteiger partial charge in [-0.1, -0.05) is 26.2 Å². The van der Waals surface area contributed by atoms with Crippen LogP contribution in [0.3, 0.4) is 0 Å². The lowest BCUT2D eigenvalue weighted by Gasteiger charge is -2.41. The lowest BCUT2D eigenvalue weighted by Crippen LogP contribution is -2.57. The molecule has 3 N–H and O–H groups in total. The van der Waals surface area contributed by atoms with Crippen molar-refractivity contribution in [2.24, 2.45) is 0 Å². The summed E-state index contributed by atoms with van der Waals surface area (Å²) in [5.41, 5.74) is -0.501. The van der Waals surface area contributed by atoms with Gasteiger partial charge in [0.1, 0.15) is 0 Å². The predicted molar refractivity (Wildman–Crippen MR) is 69.5 cm³/mol. The maximum Gasteiger partial charge on any atom is 0.315 e. The van der Waals surface area contributed by atoms with Gasteiger partial charge in [0.25, 0.3) is 0 Å². The van der Waals surface area contributed by atoms with Crippen LogP contribution in [0.1, 0.15) is 58.3 Å². The number of rotatable bonds is 8. The molecule has 0 aromatic rings. The fourth-order valence-corrected chi connectivity index (χ4v) is 2.28. The molecule has 0 atom stereocenters. The zero-order valence-electron chi connectivity index (χ0n) is 11.1. The van der Waals surface area contributed by atoms with Gasteiger partial charge >= 0.3 is 12.0 Å². The number of nitrogens with one attached hydrogen (secondary N) is 2. The molecular weight excluding hydrogens is 232 g/mol.